The highest BCUT2D eigenvalue weighted by Gasteiger charge is 2.38. The monoisotopic (exact) mass is 391 g/mol. The molecule has 2 aromatic carbocycles. The molecule has 0 aromatic heterocycles. The lowest BCUT2D eigenvalue weighted by atomic mass is 10.2. The van der Waals surface area contributed by atoms with Crippen LogP contribution in [0.25, 0.3) is 0 Å². The molecule has 0 aliphatic rings. The molecular weight excluding hydrogens is 365 g/mol. The van der Waals surface area contributed by atoms with E-state index in [9.17, 15) is 4.39 Å². The molecule has 0 saturated heterocycles. The van der Waals surface area contributed by atoms with Crippen LogP contribution in [-0.4, -0.2) is 13.5 Å². The molecule has 0 spiro atoms. The summed E-state index contributed by atoms with van der Waals surface area (Å²) in [6.07, 6.45) is 0. The van der Waals surface area contributed by atoms with E-state index in [4.69, 9.17) is 21.4 Å². The molecule has 2 aromatic rings. The molecule has 0 aliphatic heterocycles. The average molecular weight is 392 g/mol. The number of halogens is 1. The van der Waals surface area contributed by atoms with E-state index in [1.54, 1.807) is 12.1 Å². The Morgan fingerprint density at radius 3 is 2.15 bits per heavy atom. The predicted octanol–water partition coefficient (Wildman–Crippen LogP) is 6.12. The number of nitrogens with one attached hydrogen (secondary N) is 1. The zero-order chi connectivity index (χ0) is 19.4. The number of benzene rings is 2. The van der Waals surface area contributed by atoms with E-state index < -0.39 is 8.32 Å². The molecule has 2 rings (SSSR count). The van der Waals surface area contributed by atoms with Crippen molar-refractivity contribution in [2.75, 3.05) is 5.32 Å². The molecule has 0 unspecified atom stereocenters. The van der Waals surface area contributed by atoms with Gasteiger partial charge in [0.15, 0.2) is 0 Å². The highest BCUT2D eigenvalue weighted by molar-refractivity contribution is 7.80. The topological polar surface area (TPSA) is 30.5 Å². The molecule has 1 N–H and O–H groups in total. The van der Waals surface area contributed by atoms with Gasteiger partial charge in [-0.1, -0.05) is 32.9 Å². The Labute approximate surface area is 161 Å². The first-order valence-corrected chi connectivity index (χ1v) is 11.9. The molecule has 0 saturated carbocycles. The number of hydrogen-bond acceptors (Lipinski definition) is 3. The van der Waals surface area contributed by atoms with Gasteiger partial charge in [0.1, 0.15) is 18.2 Å². The van der Waals surface area contributed by atoms with Crippen molar-refractivity contribution in [2.24, 2.45) is 0 Å². The third kappa shape index (κ3) is 5.81. The second-order valence-corrected chi connectivity index (χ2v) is 12.8. The Morgan fingerprint density at radius 2 is 1.62 bits per heavy atom. The van der Waals surface area contributed by atoms with Crippen LogP contribution < -0.4 is 9.74 Å². The van der Waals surface area contributed by atoms with Crippen LogP contribution in [0.15, 0.2) is 48.5 Å². The van der Waals surface area contributed by atoms with E-state index in [0.29, 0.717) is 12.3 Å². The van der Waals surface area contributed by atoms with Gasteiger partial charge in [0.25, 0.3) is 5.17 Å². The second-order valence-electron chi connectivity index (χ2n) is 7.71. The van der Waals surface area contributed by atoms with Crippen molar-refractivity contribution in [3.63, 3.8) is 0 Å². The first-order valence-electron chi connectivity index (χ1n) is 8.54. The molecule has 0 atom stereocenters. The van der Waals surface area contributed by atoms with E-state index in [-0.39, 0.29) is 16.0 Å². The molecule has 6 heteroatoms. The van der Waals surface area contributed by atoms with Gasteiger partial charge in [-0.15, -0.1) is 0 Å². The molecule has 0 aliphatic carbocycles. The van der Waals surface area contributed by atoms with Crippen molar-refractivity contribution >= 4 is 31.4 Å². The minimum absolute atomic E-state index is 0.160. The summed E-state index contributed by atoms with van der Waals surface area (Å²) in [5, 5.41) is 3.33. The van der Waals surface area contributed by atoms with Gasteiger partial charge in [-0.25, -0.2) is 4.39 Å². The van der Waals surface area contributed by atoms with Crippen LogP contribution in [-0.2, 0) is 11.3 Å². The Kier molecular flexibility index (Phi) is 6.42. The van der Waals surface area contributed by atoms with Crippen molar-refractivity contribution in [3.05, 3.63) is 59.9 Å². The zero-order valence-corrected chi connectivity index (χ0v) is 17.7. The van der Waals surface area contributed by atoms with E-state index >= 15 is 0 Å². The Balaban J connectivity index is 1.87. The van der Waals surface area contributed by atoms with Crippen LogP contribution in [0.1, 0.15) is 26.3 Å². The van der Waals surface area contributed by atoms with Gasteiger partial charge in [0.2, 0.25) is 8.32 Å². The van der Waals surface area contributed by atoms with Crippen molar-refractivity contribution in [1.29, 1.82) is 0 Å². The van der Waals surface area contributed by atoms with Gasteiger partial charge >= 0.3 is 0 Å². The van der Waals surface area contributed by atoms with E-state index in [2.05, 4.69) is 39.2 Å². The minimum atomic E-state index is -1.84. The summed E-state index contributed by atoms with van der Waals surface area (Å²) in [7, 11) is -1.84. The van der Waals surface area contributed by atoms with Crippen molar-refractivity contribution < 1.29 is 13.6 Å². The third-order valence-electron chi connectivity index (χ3n) is 4.56. The van der Waals surface area contributed by atoms with Crippen LogP contribution in [0.4, 0.5) is 10.1 Å². The maximum absolute atomic E-state index is 12.9. The van der Waals surface area contributed by atoms with Gasteiger partial charge in [-0.3, -0.25) is 0 Å². The summed E-state index contributed by atoms with van der Waals surface area (Å²) in [6.45, 7) is 11.5. The predicted molar refractivity (Wildman–Crippen MR) is 112 cm³/mol. The van der Waals surface area contributed by atoms with Gasteiger partial charge in [0, 0.05) is 5.69 Å². The molecule has 26 heavy (non-hydrogen) atoms. The number of anilines is 1. The molecule has 0 heterocycles. The SMILES string of the molecule is CC(C)(C)[Si](C)(C)Oc1ccc(COC(=S)Nc2ccc(F)cc2)cc1. The fourth-order valence-corrected chi connectivity index (χ4v) is 3.15. The fourth-order valence-electron chi connectivity index (χ4n) is 1.94. The van der Waals surface area contributed by atoms with Crippen LogP contribution in [0.2, 0.25) is 18.1 Å². The lowest BCUT2D eigenvalue weighted by molar-refractivity contribution is 0.300. The van der Waals surface area contributed by atoms with Gasteiger partial charge < -0.3 is 14.5 Å². The molecule has 0 radical (unpaired) electrons. The maximum Gasteiger partial charge on any atom is 0.261 e. The highest BCUT2D eigenvalue weighted by Crippen LogP contribution is 2.37. The maximum atomic E-state index is 12.9. The van der Waals surface area contributed by atoms with E-state index in [1.165, 1.54) is 12.1 Å². The third-order valence-corrected chi connectivity index (χ3v) is 9.14. The fraction of sp³-hybridized carbons (Fsp3) is 0.350. The van der Waals surface area contributed by atoms with E-state index in [1.807, 2.05) is 24.3 Å². The zero-order valence-electron chi connectivity index (χ0n) is 15.9. The molecule has 3 nitrogen and oxygen atoms in total. The molecule has 0 bridgehead atoms. The second kappa shape index (κ2) is 8.18. The quantitative estimate of drug-likeness (QED) is 0.491. The normalized spacial score (nSPS) is 11.8. The Bertz CT molecular complexity index is 740. The van der Waals surface area contributed by atoms with Crippen molar-refractivity contribution in [3.8, 4) is 5.75 Å². The van der Waals surface area contributed by atoms with Crippen LogP contribution in [0.3, 0.4) is 0 Å². The number of hydrogen-bond donors (Lipinski definition) is 1. The smallest absolute Gasteiger partial charge is 0.261 e. The van der Waals surface area contributed by atoms with E-state index in [0.717, 1.165) is 11.3 Å². The Morgan fingerprint density at radius 1 is 1.04 bits per heavy atom. The van der Waals surface area contributed by atoms with Gasteiger partial charge in [0.05, 0.1) is 0 Å². The van der Waals surface area contributed by atoms with Gasteiger partial charge in [-0.05, 0) is 72.3 Å². The van der Waals surface area contributed by atoms with Crippen LogP contribution in [0, 0.1) is 5.82 Å². The molecule has 0 fully saturated rings. The summed E-state index contributed by atoms with van der Waals surface area (Å²) in [6, 6.07) is 13.8. The lowest BCUT2D eigenvalue weighted by Gasteiger charge is -2.36. The molecular formula is C20H26FNO2SSi. The summed E-state index contributed by atoms with van der Waals surface area (Å²) in [4.78, 5) is 0. The van der Waals surface area contributed by atoms with Crippen molar-refractivity contribution in [1.82, 2.24) is 0 Å². The summed E-state index contributed by atoms with van der Waals surface area (Å²) in [5.74, 6) is 0.592. The van der Waals surface area contributed by atoms with Crippen molar-refractivity contribution in [2.45, 2.75) is 45.5 Å². The first-order chi connectivity index (χ1) is 12.1. The first kappa shape index (κ1) is 20.4. The van der Waals surface area contributed by atoms with Gasteiger partial charge in [-0.2, -0.15) is 0 Å². The molecule has 140 valence electrons. The summed E-state index contributed by atoms with van der Waals surface area (Å²) >= 11 is 5.16. The summed E-state index contributed by atoms with van der Waals surface area (Å²) < 4.78 is 24.7. The van der Waals surface area contributed by atoms with Crippen LogP contribution >= 0.6 is 12.2 Å². The largest absolute Gasteiger partial charge is 0.544 e. The minimum Gasteiger partial charge on any atom is -0.544 e. The van der Waals surface area contributed by atoms with Crippen LogP contribution in [0.5, 0.6) is 5.75 Å². The summed E-state index contributed by atoms with van der Waals surface area (Å²) in [5.41, 5.74) is 1.69. The molecule has 0 amide bonds. The highest BCUT2D eigenvalue weighted by atomic mass is 32.1. The Hall–Kier alpha value is -1.92. The standard InChI is InChI=1S/C20H26FNO2SSi/c1-20(2,3)26(4,5)24-18-12-6-15(7-13-18)14-23-19(25)22-17-10-8-16(21)9-11-17/h6-13H,14H2,1-5H3,(H,22,25). The number of rotatable bonds is 5. The lowest BCUT2D eigenvalue weighted by Crippen LogP contribution is -2.43. The number of thiocarbonyl (C=S) groups is 1. The number of ether oxygens (including phenoxy) is 1. The average Bonchev–Trinajstić information content (AvgIpc) is 2.55.